The fourth-order valence-electron chi connectivity index (χ4n) is 2.64. The fourth-order valence-corrected chi connectivity index (χ4v) is 2.64. The molecule has 0 aliphatic carbocycles. The number of carboxylic acid groups (broad SMARTS) is 1. The third-order valence-corrected chi connectivity index (χ3v) is 3.64. The number of aliphatic carboxylic acids is 1. The minimum Gasteiger partial charge on any atom is -0.481 e. The normalized spacial score (nSPS) is 18.9. The van der Waals surface area contributed by atoms with Gasteiger partial charge in [-0.2, -0.15) is 0 Å². The summed E-state index contributed by atoms with van der Waals surface area (Å²) < 4.78 is 13.0. The number of nitrogens with zero attached hydrogens (tertiary/aromatic N) is 4. The zero-order chi connectivity index (χ0) is 16.1. The second kappa shape index (κ2) is 6.91. The topological polar surface area (TPSA) is 106 Å². The standard InChI is InChI=1S/C14H15FN4O3/c15-11-3-1-10(2-4-11)12(6-14(21)22)19-8-9(5-13(19)20)7-17-18-16/h1-4,9,12H,5-8H2,(H,21,22). The average molecular weight is 306 g/mol. The van der Waals surface area contributed by atoms with Crippen LogP contribution in [0, 0.1) is 11.7 Å². The molecule has 1 aromatic rings. The Balaban J connectivity index is 2.21. The van der Waals surface area contributed by atoms with Crippen molar-refractivity contribution in [2.45, 2.75) is 18.9 Å². The quantitative estimate of drug-likeness (QED) is 0.495. The smallest absolute Gasteiger partial charge is 0.305 e. The molecule has 116 valence electrons. The summed E-state index contributed by atoms with van der Waals surface area (Å²) in [5, 5.41) is 12.5. The minimum absolute atomic E-state index is 0.125. The molecule has 22 heavy (non-hydrogen) atoms. The number of hydrogen-bond donors (Lipinski definition) is 1. The molecule has 1 saturated heterocycles. The van der Waals surface area contributed by atoms with Crippen LogP contribution >= 0.6 is 0 Å². The van der Waals surface area contributed by atoms with Gasteiger partial charge >= 0.3 is 5.97 Å². The molecular weight excluding hydrogens is 291 g/mol. The molecule has 0 bridgehead atoms. The Morgan fingerprint density at radius 2 is 2.18 bits per heavy atom. The molecule has 2 rings (SSSR count). The van der Waals surface area contributed by atoms with Gasteiger partial charge < -0.3 is 10.0 Å². The number of carbonyl (C=O) groups is 2. The molecule has 1 amide bonds. The van der Waals surface area contributed by atoms with Gasteiger partial charge in [0.1, 0.15) is 5.82 Å². The van der Waals surface area contributed by atoms with E-state index >= 15 is 0 Å². The van der Waals surface area contributed by atoms with E-state index in [1.807, 2.05) is 0 Å². The summed E-state index contributed by atoms with van der Waals surface area (Å²) in [5.74, 6) is -1.78. The number of halogens is 1. The second-order valence-corrected chi connectivity index (χ2v) is 5.19. The maximum Gasteiger partial charge on any atom is 0.305 e. The van der Waals surface area contributed by atoms with Gasteiger partial charge in [-0.15, -0.1) is 0 Å². The lowest BCUT2D eigenvalue weighted by Gasteiger charge is -2.27. The molecule has 8 heteroatoms. The Labute approximate surface area is 126 Å². The van der Waals surface area contributed by atoms with Crippen molar-refractivity contribution in [2.75, 3.05) is 13.1 Å². The van der Waals surface area contributed by atoms with Crippen LogP contribution in [-0.2, 0) is 9.59 Å². The lowest BCUT2D eigenvalue weighted by atomic mass is 10.0. The number of amides is 1. The van der Waals surface area contributed by atoms with E-state index in [2.05, 4.69) is 10.0 Å². The highest BCUT2D eigenvalue weighted by molar-refractivity contribution is 5.80. The molecule has 1 fully saturated rings. The number of hydrogen-bond acceptors (Lipinski definition) is 3. The molecule has 1 aliphatic heterocycles. The van der Waals surface area contributed by atoms with Gasteiger partial charge in [0.25, 0.3) is 0 Å². The Morgan fingerprint density at radius 1 is 1.50 bits per heavy atom. The summed E-state index contributed by atoms with van der Waals surface area (Å²) in [4.78, 5) is 27.4. The first-order chi connectivity index (χ1) is 10.5. The molecule has 2 unspecified atom stereocenters. The molecule has 0 saturated carbocycles. The first-order valence-corrected chi connectivity index (χ1v) is 6.79. The number of carboxylic acids is 1. The molecule has 0 radical (unpaired) electrons. The van der Waals surface area contributed by atoms with Gasteiger partial charge in [0.2, 0.25) is 5.91 Å². The summed E-state index contributed by atoms with van der Waals surface area (Å²) >= 11 is 0. The van der Waals surface area contributed by atoms with E-state index in [0.717, 1.165) is 0 Å². The van der Waals surface area contributed by atoms with Crippen molar-refractivity contribution in [3.05, 3.63) is 46.1 Å². The van der Waals surface area contributed by atoms with Crippen molar-refractivity contribution in [3.8, 4) is 0 Å². The first-order valence-electron chi connectivity index (χ1n) is 6.79. The van der Waals surface area contributed by atoms with Crippen LogP contribution < -0.4 is 0 Å². The second-order valence-electron chi connectivity index (χ2n) is 5.19. The summed E-state index contributed by atoms with van der Waals surface area (Å²) in [6.07, 6.45) is -0.0397. The molecule has 0 aromatic heterocycles. The van der Waals surface area contributed by atoms with Gasteiger partial charge in [-0.25, -0.2) is 4.39 Å². The highest BCUT2D eigenvalue weighted by Gasteiger charge is 2.35. The Kier molecular flexibility index (Phi) is 4.95. The zero-order valence-electron chi connectivity index (χ0n) is 11.7. The van der Waals surface area contributed by atoms with E-state index in [0.29, 0.717) is 12.1 Å². The highest BCUT2D eigenvalue weighted by Crippen LogP contribution is 2.31. The van der Waals surface area contributed by atoms with Crippen LogP contribution in [0.2, 0.25) is 0 Å². The first kappa shape index (κ1) is 15.8. The van der Waals surface area contributed by atoms with Crippen molar-refractivity contribution in [1.29, 1.82) is 0 Å². The Bertz CT molecular complexity index is 613. The molecule has 0 spiro atoms. The third-order valence-electron chi connectivity index (χ3n) is 3.64. The lowest BCUT2D eigenvalue weighted by Crippen LogP contribution is -2.32. The van der Waals surface area contributed by atoms with Crippen molar-refractivity contribution >= 4 is 11.9 Å². The van der Waals surface area contributed by atoms with Crippen molar-refractivity contribution in [1.82, 2.24) is 4.90 Å². The van der Waals surface area contributed by atoms with Crippen LogP contribution in [0.25, 0.3) is 10.4 Å². The molecule has 1 N–H and O–H groups in total. The lowest BCUT2D eigenvalue weighted by molar-refractivity contribution is -0.139. The number of benzene rings is 1. The van der Waals surface area contributed by atoms with Crippen LogP contribution in [0.15, 0.2) is 29.4 Å². The fraction of sp³-hybridized carbons (Fsp3) is 0.429. The molecule has 2 atom stereocenters. The summed E-state index contributed by atoms with van der Waals surface area (Å²) in [7, 11) is 0. The summed E-state index contributed by atoms with van der Waals surface area (Å²) in [6, 6.07) is 4.79. The zero-order valence-corrected chi connectivity index (χ0v) is 11.7. The van der Waals surface area contributed by atoms with Crippen LogP contribution in [0.1, 0.15) is 24.4 Å². The van der Waals surface area contributed by atoms with E-state index in [4.69, 9.17) is 10.6 Å². The summed E-state index contributed by atoms with van der Waals surface area (Å²) in [6.45, 7) is 0.523. The van der Waals surface area contributed by atoms with Crippen LogP contribution in [-0.4, -0.2) is 35.0 Å². The number of rotatable bonds is 6. The van der Waals surface area contributed by atoms with Crippen molar-refractivity contribution in [3.63, 3.8) is 0 Å². The SMILES string of the molecule is [N-]=[N+]=NCC1CC(=O)N(C(CC(=O)O)c2ccc(F)cc2)C1. The van der Waals surface area contributed by atoms with E-state index in [-0.39, 0.29) is 31.2 Å². The monoisotopic (exact) mass is 306 g/mol. The maximum atomic E-state index is 13.0. The maximum absolute atomic E-state index is 13.0. The predicted octanol–water partition coefficient (Wildman–Crippen LogP) is 2.50. The van der Waals surface area contributed by atoms with Gasteiger partial charge in [0.15, 0.2) is 0 Å². The number of likely N-dealkylation sites (tertiary alicyclic amines) is 1. The number of azide groups is 1. The third kappa shape index (κ3) is 3.73. The molecule has 1 aromatic carbocycles. The van der Waals surface area contributed by atoms with Crippen LogP contribution in [0.3, 0.4) is 0 Å². The van der Waals surface area contributed by atoms with Crippen molar-refractivity contribution < 1.29 is 19.1 Å². The highest BCUT2D eigenvalue weighted by atomic mass is 19.1. The predicted molar refractivity (Wildman–Crippen MR) is 75.2 cm³/mol. The van der Waals surface area contributed by atoms with E-state index in [9.17, 15) is 14.0 Å². The molecule has 1 aliphatic rings. The van der Waals surface area contributed by atoms with Gasteiger partial charge in [0, 0.05) is 24.4 Å². The average Bonchev–Trinajstić information content (AvgIpc) is 2.84. The van der Waals surface area contributed by atoms with Gasteiger partial charge in [-0.05, 0) is 29.1 Å². The van der Waals surface area contributed by atoms with Crippen LogP contribution in [0.5, 0.6) is 0 Å². The minimum atomic E-state index is -1.04. The van der Waals surface area contributed by atoms with Crippen LogP contribution in [0.4, 0.5) is 4.39 Å². The van der Waals surface area contributed by atoms with Gasteiger partial charge in [-0.3, -0.25) is 9.59 Å². The Morgan fingerprint density at radius 3 is 2.77 bits per heavy atom. The number of carbonyl (C=O) groups excluding carboxylic acids is 1. The molecular formula is C14H15FN4O3. The van der Waals surface area contributed by atoms with E-state index in [1.54, 1.807) is 0 Å². The van der Waals surface area contributed by atoms with Crippen molar-refractivity contribution in [2.24, 2.45) is 11.0 Å². The molecule has 7 nitrogen and oxygen atoms in total. The molecule has 1 heterocycles. The van der Waals surface area contributed by atoms with E-state index < -0.39 is 17.8 Å². The van der Waals surface area contributed by atoms with E-state index in [1.165, 1.54) is 29.2 Å². The largest absolute Gasteiger partial charge is 0.481 e. The van der Waals surface area contributed by atoms with Gasteiger partial charge in [0.05, 0.1) is 12.5 Å². The Hall–Kier alpha value is -2.60. The summed E-state index contributed by atoms with van der Waals surface area (Å²) in [5.41, 5.74) is 8.91. The van der Waals surface area contributed by atoms with Gasteiger partial charge in [-0.1, -0.05) is 17.2 Å².